The highest BCUT2D eigenvalue weighted by atomic mass is 79.9. The summed E-state index contributed by atoms with van der Waals surface area (Å²) in [5.41, 5.74) is 2.55. The quantitative estimate of drug-likeness (QED) is 0.863. The molecule has 0 amide bonds. The molecule has 2 nitrogen and oxygen atoms in total. The number of benzene rings is 1. The first-order valence-electron chi connectivity index (χ1n) is 5.26. The first kappa shape index (κ1) is 12.7. The Labute approximate surface area is 99.8 Å². The zero-order chi connectivity index (χ0) is 11.3. The molecule has 0 radical (unpaired) electrons. The summed E-state index contributed by atoms with van der Waals surface area (Å²) in [4.78, 5) is 0. The molecular formula is C12H18BrNO. The van der Waals surface area contributed by atoms with Gasteiger partial charge in [0.05, 0.1) is 6.61 Å². The molecule has 84 valence electrons. The van der Waals surface area contributed by atoms with E-state index in [0.29, 0.717) is 0 Å². The predicted molar refractivity (Wildman–Crippen MR) is 66.9 cm³/mol. The average Bonchev–Trinajstić information content (AvgIpc) is 2.22. The summed E-state index contributed by atoms with van der Waals surface area (Å²) in [6.07, 6.45) is 0.950. The third-order valence-corrected chi connectivity index (χ3v) is 3.09. The van der Waals surface area contributed by atoms with Gasteiger partial charge in [0.1, 0.15) is 0 Å². The van der Waals surface area contributed by atoms with Crippen molar-refractivity contribution in [3.8, 4) is 0 Å². The zero-order valence-corrected chi connectivity index (χ0v) is 10.8. The van der Waals surface area contributed by atoms with Crippen LogP contribution in [0.5, 0.6) is 0 Å². The van der Waals surface area contributed by atoms with E-state index in [1.165, 1.54) is 11.1 Å². The Morgan fingerprint density at radius 1 is 1.47 bits per heavy atom. The van der Waals surface area contributed by atoms with E-state index in [0.717, 1.165) is 17.4 Å². The Hall–Kier alpha value is -0.380. The number of hydrogen-bond acceptors (Lipinski definition) is 2. The van der Waals surface area contributed by atoms with Crippen molar-refractivity contribution in [1.29, 1.82) is 0 Å². The predicted octanol–water partition coefficient (Wildman–Crippen LogP) is 2.62. The number of nitrogens with one attached hydrogen (secondary N) is 1. The van der Waals surface area contributed by atoms with Gasteiger partial charge < -0.3 is 10.4 Å². The molecule has 0 fully saturated rings. The van der Waals surface area contributed by atoms with Gasteiger partial charge in [0.2, 0.25) is 0 Å². The van der Waals surface area contributed by atoms with Crippen molar-refractivity contribution in [2.24, 2.45) is 0 Å². The van der Waals surface area contributed by atoms with Crippen LogP contribution < -0.4 is 5.32 Å². The Balaban J connectivity index is 2.57. The minimum absolute atomic E-state index is 0.200. The summed E-state index contributed by atoms with van der Waals surface area (Å²) < 4.78 is 1.11. The number of rotatable bonds is 5. The van der Waals surface area contributed by atoms with Crippen LogP contribution in [0.1, 0.15) is 24.5 Å². The van der Waals surface area contributed by atoms with Gasteiger partial charge in [-0.15, -0.1) is 0 Å². The molecule has 0 heterocycles. The lowest BCUT2D eigenvalue weighted by Crippen LogP contribution is -2.31. The zero-order valence-electron chi connectivity index (χ0n) is 9.26. The van der Waals surface area contributed by atoms with Crippen molar-refractivity contribution in [3.63, 3.8) is 0 Å². The molecule has 15 heavy (non-hydrogen) atoms. The smallest absolute Gasteiger partial charge is 0.0584 e. The molecule has 1 rings (SSSR count). The maximum absolute atomic E-state index is 9.05. The molecule has 0 aromatic heterocycles. The summed E-state index contributed by atoms with van der Waals surface area (Å²) in [6, 6.07) is 6.46. The van der Waals surface area contributed by atoms with E-state index in [4.69, 9.17) is 5.11 Å². The van der Waals surface area contributed by atoms with Crippen molar-refractivity contribution in [2.75, 3.05) is 6.61 Å². The molecule has 0 aliphatic heterocycles. The van der Waals surface area contributed by atoms with Crippen molar-refractivity contribution >= 4 is 15.9 Å². The number of aliphatic hydroxyl groups is 1. The highest BCUT2D eigenvalue weighted by molar-refractivity contribution is 9.10. The largest absolute Gasteiger partial charge is 0.395 e. The second-order valence-electron chi connectivity index (χ2n) is 3.74. The van der Waals surface area contributed by atoms with Crippen LogP contribution in [-0.4, -0.2) is 17.8 Å². The van der Waals surface area contributed by atoms with Gasteiger partial charge in [-0.2, -0.15) is 0 Å². The van der Waals surface area contributed by atoms with Crippen molar-refractivity contribution in [1.82, 2.24) is 5.32 Å². The van der Waals surface area contributed by atoms with Gasteiger partial charge in [0.25, 0.3) is 0 Å². The van der Waals surface area contributed by atoms with Gasteiger partial charge in [0.15, 0.2) is 0 Å². The van der Waals surface area contributed by atoms with E-state index in [1.807, 2.05) is 6.07 Å². The maximum Gasteiger partial charge on any atom is 0.0584 e. The molecular weight excluding hydrogens is 254 g/mol. The monoisotopic (exact) mass is 271 g/mol. The number of aliphatic hydroxyl groups excluding tert-OH is 1. The number of aryl methyl sites for hydroxylation is 1. The van der Waals surface area contributed by atoms with E-state index in [2.05, 4.69) is 47.2 Å². The Kier molecular flexibility index (Phi) is 5.29. The second-order valence-corrected chi connectivity index (χ2v) is 4.66. The molecule has 3 heteroatoms. The number of hydrogen-bond donors (Lipinski definition) is 2. The van der Waals surface area contributed by atoms with Gasteiger partial charge >= 0.3 is 0 Å². The highest BCUT2D eigenvalue weighted by Gasteiger charge is 2.04. The fraction of sp³-hybridized carbons (Fsp3) is 0.500. The SMILES string of the molecule is CCC(CO)NCc1ccc(Br)cc1C. The van der Waals surface area contributed by atoms with Crippen molar-refractivity contribution in [2.45, 2.75) is 32.9 Å². The molecule has 0 aliphatic rings. The molecule has 0 bridgehead atoms. The Bertz CT molecular complexity index is 310. The van der Waals surface area contributed by atoms with E-state index in [-0.39, 0.29) is 12.6 Å². The molecule has 1 aromatic rings. The number of halogens is 1. The normalized spacial score (nSPS) is 12.8. The van der Waals surface area contributed by atoms with Gasteiger partial charge in [-0.3, -0.25) is 0 Å². The Morgan fingerprint density at radius 3 is 2.73 bits per heavy atom. The fourth-order valence-electron chi connectivity index (χ4n) is 1.45. The van der Waals surface area contributed by atoms with Gasteiger partial charge in [-0.05, 0) is 36.6 Å². The lowest BCUT2D eigenvalue weighted by Gasteiger charge is -2.15. The standard InChI is InChI=1S/C12H18BrNO/c1-3-12(8-15)14-7-10-4-5-11(13)6-9(10)2/h4-6,12,14-15H,3,7-8H2,1-2H3. The van der Waals surface area contributed by atoms with Crippen LogP contribution in [0.15, 0.2) is 22.7 Å². The molecule has 1 aromatic carbocycles. The van der Waals surface area contributed by atoms with Crippen LogP contribution in [0, 0.1) is 6.92 Å². The summed E-state index contributed by atoms with van der Waals surface area (Å²) in [5.74, 6) is 0. The van der Waals surface area contributed by atoms with Crippen LogP contribution in [-0.2, 0) is 6.54 Å². The average molecular weight is 272 g/mol. The molecule has 0 saturated heterocycles. The topological polar surface area (TPSA) is 32.3 Å². The van der Waals surface area contributed by atoms with E-state index in [9.17, 15) is 0 Å². The third-order valence-electron chi connectivity index (χ3n) is 2.60. The second kappa shape index (κ2) is 6.26. The first-order chi connectivity index (χ1) is 7.17. The van der Waals surface area contributed by atoms with E-state index >= 15 is 0 Å². The van der Waals surface area contributed by atoms with Gasteiger partial charge in [-0.25, -0.2) is 0 Å². The summed E-state index contributed by atoms with van der Waals surface area (Å²) in [6.45, 7) is 5.19. The fourth-order valence-corrected chi connectivity index (χ4v) is 1.93. The van der Waals surface area contributed by atoms with Crippen molar-refractivity contribution in [3.05, 3.63) is 33.8 Å². The summed E-state index contributed by atoms with van der Waals surface area (Å²) in [7, 11) is 0. The minimum Gasteiger partial charge on any atom is -0.395 e. The molecule has 2 N–H and O–H groups in total. The maximum atomic E-state index is 9.05. The summed E-state index contributed by atoms with van der Waals surface area (Å²) in [5, 5.41) is 12.4. The highest BCUT2D eigenvalue weighted by Crippen LogP contribution is 2.15. The first-order valence-corrected chi connectivity index (χ1v) is 6.06. The Morgan fingerprint density at radius 2 is 2.20 bits per heavy atom. The van der Waals surface area contributed by atoms with Crippen LogP contribution >= 0.6 is 15.9 Å². The lowest BCUT2D eigenvalue weighted by molar-refractivity contribution is 0.238. The van der Waals surface area contributed by atoms with E-state index < -0.39 is 0 Å². The minimum atomic E-state index is 0.200. The molecule has 0 spiro atoms. The van der Waals surface area contributed by atoms with Gasteiger partial charge in [-0.1, -0.05) is 28.9 Å². The molecule has 0 aliphatic carbocycles. The summed E-state index contributed by atoms with van der Waals surface area (Å²) >= 11 is 3.44. The molecule has 1 unspecified atom stereocenters. The van der Waals surface area contributed by atoms with E-state index in [1.54, 1.807) is 0 Å². The van der Waals surface area contributed by atoms with Crippen LogP contribution in [0.25, 0.3) is 0 Å². The molecule has 1 atom stereocenters. The third kappa shape index (κ3) is 3.93. The lowest BCUT2D eigenvalue weighted by atomic mass is 10.1. The van der Waals surface area contributed by atoms with Gasteiger partial charge in [0, 0.05) is 17.1 Å². The van der Waals surface area contributed by atoms with Crippen LogP contribution in [0.4, 0.5) is 0 Å². The van der Waals surface area contributed by atoms with Crippen LogP contribution in [0.2, 0.25) is 0 Å². The van der Waals surface area contributed by atoms with Crippen LogP contribution in [0.3, 0.4) is 0 Å². The van der Waals surface area contributed by atoms with Crippen molar-refractivity contribution < 1.29 is 5.11 Å². The molecule has 0 saturated carbocycles.